The summed E-state index contributed by atoms with van der Waals surface area (Å²) in [6.07, 6.45) is 11.4. The third-order valence-electron chi connectivity index (χ3n) is 3.45. The first kappa shape index (κ1) is 20.0. The second-order valence-corrected chi connectivity index (χ2v) is 9.19. The zero-order valence-corrected chi connectivity index (χ0v) is 16.9. The molecular weight excluding hydrogens is 353 g/mol. The number of hydrogen-bond acceptors (Lipinski definition) is 5. The lowest BCUT2D eigenvalue weighted by molar-refractivity contribution is 0.399. The molecule has 0 aromatic heterocycles. The van der Waals surface area contributed by atoms with Crippen molar-refractivity contribution in [1.82, 2.24) is 0 Å². The zero-order chi connectivity index (χ0) is 15.6. The number of thiol groups is 3. The standard InChI is InChI=1S/C13H22S3.C3H4S2/c1-13(4-7-16)9-11(2-5-14)8-12(10-13)3-6-15;1-2-4-5-3-1/h8-9,14-16H,2-7,10H2,1H3;1-2H,3H2. The maximum Gasteiger partial charge on any atom is 0.0229 e. The van der Waals surface area contributed by atoms with Crippen LogP contribution in [0.5, 0.6) is 0 Å². The van der Waals surface area contributed by atoms with E-state index < -0.39 is 0 Å². The van der Waals surface area contributed by atoms with Crippen LogP contribution in [-0.2, 0) is 0 Å². The quantitative estimate of drug-likeness (QED) is 0.377. The molecule has 0 fully saturated rings. The van der Waals surface area contributed by atoms with Crippen LogP contribution < -0.4 is 0 Å². The number of allylic oxidation sites excluding steroid dienone is 4. The lowest BCUT2D eigenvalue weighted by Crippen LogP contribution is -2.19. The van der Waals surface area contributed by atoms with Crippen LogP contribution in [0.4, 0.5) is 0 Å². The highest BCUT2D eigenvalue weighted by Crippen LogP contribution is 2.39. The van der Waals surface area contributed by atoms with E-state index in [9.17, 15) is 0 Å². The molecule has 1 aliphatic heterocycles. The predicted octanol–water partition coefficient (Wildman–Crippen LogP) is 6.10. The number of rotatable bonds is 6. The minimum Gasteiger partial charge on any atom is -0.179 e. The molecule has 2 rings (SSSR count). The van der Waals surface area contributed by atoms with Gasteiger partial charge in [0.05, 0.1) is 0 Å². The average molecular weight is 379 g/mol. The second kappa shape index (κ2) is 11.5. The van der Waals surface area contributed by atoms with E-state index in [1.165, 1.54) is 17.7 Å². The van der Waals surface area contributed by atoms with E-state index in [2.05, 4.69) is 68.4 Å². The van der Waals surface area contributed by atoms with Gasteiger partial charge in [-0.2, -0.15) is 37.9 Å². The van der Waals surface area contributed by atoms with Crippen molar-refractivity contribution < 1.29 is 0 Å². The van der Waals surface area contributed by atoms with E-state index in [0.717, 1.165) is 36.5 Å². The molecule has 1 unspecified atom stereocenters. The van der Waals surface area contributed by atoms with Crippen LogP contribution >= 0.6 is 59.5 Å². The monoisotopic (exact) mass is 378 g/mol. The molecule has 1 aliphatic carbocycles. The summed E-state index contributed by atoms with van der Waals surface area (Å²) in [4.78, 5) is 0. The van der Waals surface area contributed by atoms with Crippen molar-refractivity contribution in [2.24, 2.45) is 5.41 Å². The van der Waals surface area contributed by atoms with Crippen molar-refractivity contribution in [3.8, 4) is 0 Å². The van der Waals surface area contributed by atoms with Gasteiger partial charge in [-0.25, -0.2) is 0 Å². The summed E-state index contributed by atoms with van der Waals surface area (Å²) in [5, 5.41) is 2.12. The van der Waals surface area contributed by atoms with Crippen LogP contribution in [0.2, 0.25) is 0 Å². The van der Waals surface area contributed by atoms with Gasteiger partial charge in [0, 0.05) is 5.75 Å². The van der Waals surface area contributed by atoms with Gasteiger partial charge in [0.25, 0.3) is 0 Å². The predicted molar refractivity (Wildman–Crippen MR) is 113 cm³/mol. The van der Waals surface area contributed by atoms with Gasteiger partial charge < -0.3 is 0 Å². The third-order valence-corrected chi connectivity index (χ3v) is 6.04. The summed E-state index contributed by atoms with van der Waals surface area (Å²) in [7, 11) is 3.69. The van der Waals surface area contributed by atoms with E-state index >= 15 is 0 Å². The summed E-state index contributed by atoms with van der Waals surface area (Å²) in [5.74, 6) is 4.02. The van der Waals surface area contributed by atoms with Gasteiger partial charge in [-0.05, 0) is 53.8 Å². The van der Waals surface area contributed by atoms with E-state index in [-0.39, 0.29) is 0 Å². The molecule has 0 bridgehead atoms. The van der Waals surface area contributed by atoms with Crippen LogP contribution in [0.3, 0.4) is 0 Å². The van der Waals surface area contributed by atoms with Gasteiger partial charge in [-0.3, -0.25) is 0 Å². The lowest BCUT2D eigenvalue weighted by Gasteiger charge is -2.31. The summed E-state index contributed by atoms with van der Waals surface area (Å²) in [6, 6.07) is 0. The molecule has 21 heavy (non-hydrogen) atoms. The van der Waals surface area contributed by atoms with Gasteiger partial charge in [-0.15, -0.1) is 0 Å². The summed E-state index contributed by atoms with van der Waals surface area (Å²) >= 11 is 13.0. The summed E-state index contributed by atoms with van der Waals surface area (Å²) in [6.45, 7) is 2.34. The molecule has 1 heterocycles. The molecule has 0 amide bonds. The maximum absolute atomic E-state index is 4.37. The van der Waals surface area contributed by atoms with Gasteiger partial charge in [-0.1, -0.05) is 57.9 Å². The Morgan fingerprint density at radius 1 is 1.14 bits per heavy atom. The first-order valence-electron chi connectivity index (χ1n) is 7.30. The Labute approximate surface area is 154 Å². The van der Waals surface area contributed by atoms with E-state index in [4.69, 9.17) is 0 Å². The molecule has 120 valence electrons. The SMILES string of the molecule is C1=CSSC1.CC1(CCS)C=C(CCS)C=C(CCS)C1. The van der Waals surface area contributed by atoms with Crippen LogP contribution in [0, 0.1) is 5.41 Å². The highest BCUT2D eigenvalue weighted by Gasteiger charge is 2.25. The smallest absolute Gasteiger partial charge is 0.0229 e. The molecule has 0 N–H and O–H groups in total. The van der Waals surface area contributed by atoms with Crippen molar-refractivity contribution in [3.05, 3.63) is 34.8 Å². The fraction of sp³-hybridized carbons (Fsp3) is 0.625. The third kappa shape index (κ3) is 8.40. The molecule has 0 spiro atoms. The van der Waals surface area contributed by atoms with Crippen molar-refractivity contribution in [3.63, 3.8) is 0 Å². The Kier molecular flexibility index (Phi) is 11.0. The first-order valence-corrected chi connectivity index (χ1v) is 11.6. The van der Waals surface area contributed by atoms with E-state index in [1.807, 2.05) is 21.6 Å². The summed E-state index contributed by atoms with van der Waals surface area (Å²) in [5.41, 5.74) is 3.29. The van der Waals surface area contributed by atoms with Crippen molar-refractivity contribution in [1.29, 1.82) is 0 Å². The highest BCUT2D eigenvalue weighted by atomic mass is 33.1. The van der Waals surface area contributed by atoms with Crippen molar-refractivity contribution in [2.45, 2.75) is 32.6 Å². The Morgan fingerprint density at radius 3 is 2.38 bits per heavy atom. The lowest BCUT2D eigenvalue weighted by atomic mass is 9.75. The minimum atomic E-state index is 0.299. The molecule has 0 nitrogen and oxygen atoms in total. The topological polar surface area (TPSA) is 0 Å². The molecular formula is C16H26S5. The largest absolute Gasteiger partial charge is 0.179 e. The van der Waals surface area contributed by atoms with Crippen LogP contribution in [0.1, 0.15) is 32.6 Å². The average Bonchev–Trinajstić information content (AvgIpc) is 2.97. The van der Waals surface area contributed by atoms with Crippen LogP contribution in [0.15, 0.2) is 34.8 Å². The molecule has 0 saturated heterocycles. The molecule has 0 aromatic rings. The van der Waals surface area contributed by atoms with Gasteiger partial charge in [0.1, 0.15) is 0 Å². The molecule has 0 radical (unpaired) electrons. The fourth-order valence-electron chi connectivity index (χ4n) is 2.56. The maximum atomic E-state index is 4.37. The summed E-state index contributed by atoms with van der Waals surface area (Å²) < 4.78 is 0. The minimum absolute atomic E-state index is 0.299. The van der Waals surface area contributed by atoms with Crippen molar-refractivity contribution in [2.75, 3.05) is 23.0 Å². The molecule has 2 aliphatic rings. The van der Waals surface area contributed by atoms with Crippen molar-refractivity contribution >= 4 is 59.5 Å². The Hall–Kier alpha value is 0.970. The van der Waals surface area contributed by atoms with Crippen LogP contribution in [-0.4, -0.2) is 23.0 Å². The van der Waals surface area contributed by atoms with Gasteiger partial charge >= 0.3 is 0 Å². The first-order chi connectivity index (χ1) is 10.1. The van der Waals surface area contributed by atoms with Gasteiger partial charge in [0.2, 0.25) is 0 Å². The van der Waals surface area contributed by atoms with Gasteiger partial charge in [0.15, 0.2) is 0 Å². The molecule has 1 atom stereocenters. The van der Waals surface area contributed by atoms with Crippen LogP contribution in [0.25, 0.3) is 0 Å². The highest BCUT2D eigenvalue weighted by molar-refractivity contribution is 8.78. The Morgan fingerprint density at radius 2 is 1.90 bits per heavy atom. The zero-order valence-electron chi connectivity index (χ0n) is 12.6. The molecule has 0 saturated carbocycles. The second-order valence-electron chi connectivity index (χ2n) is 5.53. The number of hydrogen-bond donors (Lipinski definition) is 3. The fourth-order valence-corrected chi connectivity index (χ4v) is 5.19. The Bertz CT molecular complexity index is 380. The normalized spacial score (nSPS) is 24.2. The molecule has 5 heteroatoms. The Balaban J connectivity index is 0.000000369. The van der Waals surface area contributed by atoms with E-state index in [0.29, 0.717) is 5.41 Å². The molecule has 0 aromatic carbocycles. The van der Waals surface area contributed by atoms with E-state index in [1.54, 1.807) is 5.57 Å².